The number of primary amides is 1. The summed E-state index contributed by atoms with van der Waals surface area (Å²) in [5, 5.41) is 0. The second-order valence-electron chi connectivity index (χ2n) is 6.36. The molecule has 1 saturated heterocycles. The van der Waals surface area contributed by atoms with E-state index >= 15 is 0 Å². The minimum Gasteiger partial charge on any atom is -0.369 e. The molecule has 0 bridgehead atoms. The number of piperidine rings is 1. The van der Waals surface area contributed by atoms with Crippen molar-refractivity contribution < 1.29 is 18.0 Å². The first kappa shape index (κ1) is 20.9. The quantitative estimate of drug-likeness (QED) is 0.711. The molecule has 1 aromatic heterocycles. The van der Waals surface area contributed by atoms with Gasteiger partial charge in [-0.3, -0.25) is 14.3 Å². The van der Waals surface area contributed by atoms with Crippen LogP contribution in [0.2, 0.25) is 8.67 Å². The number of likely N-dealkylation sites (tertiary alicyclic amines) is 1. The number of carbonyl (C=O) groups excluding carboxylic acids is 2. The van der Waals surface area contributed by atoms with Gasteiger partial charge in [0.25, 0.3) is 15.9 Å². The van der Waals surface area contributed by atoms with E-state index in [1.54, 1.807) is 4.90 Å². The number of nitrogens with two attached hydrogens (primary N) is 1. The van der Waals surface area contributed by atoms with E-state index in [-0.39, 0.29) is 31.1 Å². The Morgan fingerprint density at radius 2 is 1.89 bits per heavy atom. The van der Waals surface area contributed by atoms with Crippen molar-refractivity contribution in [3.8, 4) is 0 Å². The van der Waals surface area contributed by atoms with E-state index in [2.05, 4.69) is 4.72 Å². The van der Waals surface area contributed by atoms with E-state index in [1.807, 2.05) is 0 Å². The van der Waals surface area contributed by atoms with E-state index < -0.39 is 15.9 Å². The van der Waals surface area contributed by atoms with Crippen molar-refractivity contribution >= 4 is 62.1 Å². The molecule has 1 aliphatic heterocycles. The number of rotatable bonds is 5. The fourth-order valence-electron chi connectivity index (χ4n) is 2.98. The zero-order valence-electron chi connectivity index (χ0n) is 14.5. The lowest BCUT2D eigenvalue weighted by molar-refractivity contribution is -0.123. The van der Waals surface area contributed by atoms with Gasteiger partial charge in [-0.1, -0.05) is 23.2 Å². The summed E-state index contributed by atoms with van der Waals surface area (Å²) < 4.78 is 27.6. The molecule has 2 aromatic rings. The van der Waals surface area contributed by atoms with Crippen molar-refractivity contribution in [3.05, 3.63) is 44.6 Å². The second kappa shape index (κ2) is 8.28. The minimum absolute atomic E-state index is 0.0680. The van der Waals surface area contributed by atoms with E-state index in [4.69, 9.17) is 28.9 Å². The summed E-state index contributed by atoms with van der Waals surface area (Å²) in [7, 11) is -3.90. The zero-order chi connectivity index (χ0) is 20.5. The van der Waals surface area contributed by atoms with Crippen molar-refractivity contribution in [3.63, 3.8) is 0 Å². The molecule has 0 unspecified atom stereocenters. The molecule has 1 atom stereocenters. The molecule has 0 radical (unpaired) electrons. The first-order valence-electron chi connectivity index (χ1n) is 8.33. The lowest BCUT2D eigenvalue weighted by atomic mass is 9.97. The van der Waals surface area contributed by atoms with Gasteiger partial charge in [-0.15, -0.1) is 11.3 Å². The molecule has 28 heavy (non-hydrogen) atoms. The van der Waals surface area contributed by atoms with Gasteiger partial charge in [0.2, 0.25) is 5.91 Å². The molecule has 7 nitrogen and oxygen atoms in total. The maximum Gasteiger partial charge on any atom is 0.264 e. The highest BCUT2D eigenvalue weighted by Gasteiger charge is 2.27. The summed E-state index contributed by atoms with van der Waals surface area (Å²) in [6.07, 6.45) is 1.39. The first-order valence-corrected chi connectivity index (χ1v) is 11.4. The van der Waals surface area contributed by atoms with E-state index in [9.17, 15) is 18.0 Å². The number of amides is 2. The van der Waals surface area contributed by atoms with Crippen molar-refractivity contribution in [1.82, 2.24) is 4.90 Å². The van der Waals surface area contributed by atoms with Gasteiger partial charge in [-0.05, 0) is 43.2 Å². The predicted molar refractivity (Wildman–Crippen MR) is 109 cm³/mol. The van der Waals surface area contributed by atoms with Crippen LogP contribution in [0.15, 0.2) is 35.2 Å². The summed E-state index contributed by atoms with van der Waals surface area (Å²) in [4.78, 5) is 25.5. The maximum absolute atomic E-state index is 12.6. The van der Waals surface area contributed by atoms with Gasteiger partial charge < -0.3 is 10.6 Å². The molecule has 0 saturated carbocycles. The lowest BCUT2D eigenvalue weighted by Gasteiger charge is -2.31. The molecule has 2 heterocycles. The van der Waals surface area contributed by atoms with Crippen LogP contribution in [0.25, 0.3) is 0 Å². The minimum atomic E-state index is -3.90. The number of nitrogens with zero attached hydrogens (tertiary/aromatic N) is 1. The summed E-state index contributed by atoms with van der Waals surface area (Å²) in [6.45, 7) is 0.842. The maximum atomic E-state index is 12.6. The van der Waals surface area contributed by atoms with Gasteiger partial charge in [0.15, 0.2) is 0 Å². The zero-order valence-corrected chi connectivity index (χ0v) is 17.7. The number of hydrogen-bond acceptors (Lipinski definition) is 5. The Bertz CT molecular complexity index is 1010. The molecule has 2 amide bonds. The number of anilines is 1. The number of sulfonamides is 1. The number of halogens is 2. The highest BCUT2D eigenvalue weighted by molar-refractivity contribution is 7.93. The van der Waals surface area contributed by atoms with Gasteiger partial charge in [0.1, 0.15) is 9.23 Å². The van der Waals surface area contributed by atoms with Crippen molar-refractivity contribution in [2.45, 2.75) is 17.7 Å². The normalized spacial score (nSPS) is 17.4. The van der Waals surface area contributed by atoms with Crippen LogP contribution in [-0.4, -0.2) is 38.2 Å². The second-order valence-corrected chi connectivity index (χ2v) is 10.3. The summed E-state index contributed by atoms with van der Waals surface area (Å²) in [5.41, 5.74) is 6.02. The van der Waals surface area contributed by atoms with Crippen LogP contribution in [-0.2, 0) is 14.8 Å². The standard InChI is InChI=1S/C17H17Cl2N3O4S2/c18-14-8-13(15(19)27-14)28(25,26)21-12-5-3-10(4-6-12)17(24)22-7-1-2-11(9-22)16(20)23/h3-6,8,11,21H,1-2,7,9H2,(H2,20,23)/t11-/m0/s1. The number of benzene rings is 1. The van der Waals surface area contributed by atoms with Gasteiger partial charge >= 0.3 is 0 Å². The van der Waals surface area contributed by atoms with E-state index in [1.165, 1.54) is 30.3 Å². The SMILES string of the molecule is NC(=O)[C@H]1CCCN(C(=O)c2ccc(NS(=O)(=O)c3cc(Cl)sc3Cl)cc2)C1. The van der Waals surface area contributed by atoms with Gasteiger partial charge in [-0.25, -0.2) is 8.42 Å². The van der Waals surface area contributed by atoms with Crippen molar-refractivity contribution in [2.75, 3.05) is 17.8 Å². The van der Waals surface area contributed by atoms with Crippen LogP contribution in [0.5, 0.6) is 0 Å². The van der Waals surface area contributed by atoms with Crippen LogP contribution in [0.3, 0.4) is 0 Å². The average molecular weight is 462 g/mol. The monoisotopic (exact) mass is 461 g/mol. The Kier molecular flexibility index (Phi) is 6.18. The Morgan fingerprint density at radius 3 is 2.46 bits per heavy atom. The Balaban J connectivity index is 1.72. The Labute approximate surface area is 176 Å². The molecule has 0 spiro atoms. The number of carbonyl (C=O) groups is 2. The molecule has 0 aliphatic carbocycles. The topological polar surface area (TPSA) is 110 Å². The van der Waals surface area contributed by atoms with E-state index in [0.717, 1.165) is 11.3 Å². The summed E-state index contributed by atoms with van der Waals surface area (Å²) in [5.74, 6) is -0.978. The Morgan fingerprint density at radius 1 is 1.21 bits per heavy atom. The van der Waals surface area contributed by atoms with Crippen LogP contribution >= 0.6 is 34.5 Å². The molecule has 3 N–H and O–H groups in total. The number of thiophene rings is 1. The van der Waals surface area contributed by atoms with Crippen LogP contribution in [0, 0.1) is 5.92 Å². The molecular formula is C17H17Cl2N3O4S2. The van der Waals surface area contributed by atoms with Crippen molar-refractivity contribution in [1.29, 1.82) is 0 Å². The largest absolute Gasteiger partial charge is 0.369 e. The fourth-order valence-corrected chi connectivity index (χ4v) is 6.18. The molecule has 1 aromatic carbocycles. The molecule has 11 heteroatoms. The third-order valence-electron chi connectivity index (χ3n) is 4.41. The highest BCUT2D eigenvalue weighted by Crippen LogP contribution is 2.35. The lowest BCUT2D eigenvalue weighted by Crippen LogP contribution is -2.44. The Hall–Kier alpha value is -1.81. The van der Waals surface area contributed by atoms with Crippen molar-refractivity contribution in [2.24, 2.45) is 11.7 Å². The molecule has 1 aliphatic rings. The van der Waals surface area contributed by atoms with E-state index in [0.29, 0.717) is 31.5 Å². The molecule has 150 valence electrons. The van der Waals surface area contributed by atoms with Gasteiger partial charge in [-0.2, -0.15) is 0 Å². The number of hydrogen-bond donors (Lipinski definition) is 2. The van der Waals surface area contributed by atoms with Gasteiger partial charge in [0, 0.05) is 24.3 Å². The molecular weight excluding hydrogens is 445 g/mol. The molecule has 1 fully saturated rings. The van der Waals surface area contributed by atoms with Crippen LogP contribution < -0.4 is 10.5 Å². The fraction of sp³-hybridized carbons (Fsp3) is 0.294. The third-order valence-corrected chi connectivity index (χ3v) is 7.54. The predicted octanol–water partition coefficient (Wildman–Crippen LogP) is 3.19. The summed E-state index contributed by atoms with van der Waals surface area (Å²) >= 11 is 12.7. The average Bonchev–Trinajstić information content (AvgIpc) is 3.01. The molecule has 3 rings (SSSR count). The van der Waals surface area contributed by atoms with Crippen LogP contribution in [0.4, 0.5) is 5.69 Å². The smallest absolute Gasteiger partial charge is 0.264 e. The van der Waals surface area contributed by atoms with Crippen LogP contribution in [0.1, 0.15) is 23.2 Å². The number of nitrogens with one attached hydrogen (secondary N) is 1. The summed E-state index contributed by atoms with van der Waals surface area (Å²) in [6, 6.07) is 7.30. The van der Waals surface area contributed by atoms with Gasteiger partial charge in [0.05, 0.1) is 10.3 Å². The first-order chi connectivity index (χ1) is 13.2. The highest BCUT2D eigenvalue weighted by atomic mass is 35.5. The third kappa shape index (κ3) is 4.60.